The van der Waals surface area contributed by atoms with Crippen LogP contribution in [0.5, 0.6) is 0 Å². The van der Waals surface area contributed by atoms with Crippen molar-refractivity contribution >= 4 is 17.5 Å². The number of carbonyl (C=O) groups excluding carboxylic acids is 1. The molecule has 0 saturated heterocycles. The second kappa shape index (κ2) is 8.42. The molecule has 1 amide bonds. The Morgan fingerprint density at radius 1 is 1.16 bits per heavy atom. The van der Waals surface area contributed by atoms with Crippen molar-refractivity contribution in [3.8, 4) is 11.5 Å². The van der Waals surface area contributed by atoms with Gasteiger partial charge in [-0.2, -0.15) is 28.1 Å². The molecule has 0 aliphatic carbocycles. The molecular weight excluding hydrogens is 447 g/mol. The number of aromatic nitrogens is 6. The van der Waals surface area contributed by atoms with E-state index in [1.54, 1.807) is 48.4 Å². The van der Waals surface area contributed by atoms with E-state index in [2.05, 4.69) is 25.5 Å². The molecule has 0 radical (unpaired) electrons. The third kappa shape index (κ3) is 4.47. The summed E-state index contributed by atoms with van der Waals surface area (Å²) < 4.78 is 42.2. The van der Waals surface area contributed by atoms with Crippen LogP contribution >= 0.6 is 11.6 Å². The minimum Gasteiger partial charge on any atom is -0.342 e. The second-order valence-electron chi connectivity index (χ2n) is 6.78. The molecular formula is C20H15ClF3N7O. The first-order chi connectivity index (χ1) is 15.2. The molecule has 0 aliphatic rings. The van der Waals surface area contributed by atoms with Crippen LogP contribution in [-0.4, -0.2) is 35.4 Å². The molecule has 0 saturated carbocycles. The highest BCUT2D eigenvalue weighted by Gasteiger charge is 2.32. The topological polar surface area (TPSA) is 90.5 Å². The predicted molar refractivity (Wildman–Crippen MR) is 109 cm³/mol. The summed E-state index contributed by atoms with van der Waals surface area (Å²) in [5.41, 5.74) is -0.486. The first-order valence-corrected chi connectivity index (χ1v) is 9.65. The zero-order valence-electron chi connectivity index (χ0n) is 16.5. The number of amides is 1. The minimum absolute atomic E-state index is 0.192. The van der Waals surface area contributed by atoms with Gasteiger partial charge in [-0.25, -0.2) is 14.6 Å². The van der Waals surface area contributed by atoms with Crippen molar-refractivity contribution in [2.24, 2.45) is 0 Å². The number of hydrogen-bond donors (Lipinski definition) is 1. The van der Waals surface area contributed by atoms with E-state index < -0.39 is 23.7 Å². The summed E-state index contributed by atoms with van der Waals surface area (Å²) in [4.78, 5) is 21.1. The highest BCUT2D eigenvalue weighted by molar-refractivity contribution is 6.31. The molecule has 1 aromatic carbocycles. The number of rotatable bonds is 5. The summed E-state index contributed by atoms with van der Waals surface area (Å²) in [5, 5.41) is 10.7. The molecule has 164 valence electrons. The van der Waals surface area contributed by atoms with E-state index >= 15 is 0 Å². The van der Waals surface area contributed by atoms with Crippen LogP contribution in [0.1, 0.15) is 34.7 Å². The van der Waals surface area contributed by atoms with Crippen LogP contribution in [0.2, 0.25) is 5.02 Å². The fourth-order valence-electron chi connectivity index (χ4n) is 3.01. The Morgan fingerprint density at radius 3 is 2.62 bits per heavy atom. The molecule has 0 bridgehead atoms. The number of halogens is 4. The lowest BCUT2D eigenvalue weighted by atomic mass is 10.1. The first kappa shape index (κ1) is 21.5. The zero-order valence-corrected chi connectivity index (χ0v) is 17.2. The van der Waals surface area contributed by atoms with Crippen LogP contribution in [-0.2, 0) is 6.18 Å². The van der Waals surface area contributed by atoms with Gasteiger partial charge in [0.2, 0.25) is 0 Å². The van der Waals surface area contributed by atoms with Crippen LogP contribution in [0.15, 0.2) is 61.3 Å². The normalized spacial score (nSPS) is 12.5. The van der Waals surface area contributed by atoms with E-state index in [0.29, 0.717) is 11.6 Å². The smallest absolute Gasteiger partial charge is 0.342 e. The molecule has 12 heteroatoms. The van der Waals surface area contributed by atoms with Gasteiger partial charge in [-0.3, -0.25) is 4.79 Å². The van der Waals surface area contributed by atoms with E-state index in [0.717, 1.165) is 17.8 Å². The molecule has 4 rings (SSSR count). The van der Waals surface area contributed by atoms with Gasteiger partial charge in [0, 0.05) is 23.0 Å². The Morgan fingerprint density at radius 2 is 1.97 bits per heavy atom. The summed E-state index contributed by atoms with van der Waals surface area (Å²) in [6, 6.07) is 7.26. The number of nitrogens with one attached hydrogen (secondary N) is 1. The van der Waals surface area contributed by atoms with E-state index in [-0.39, 0.29) is 10.6 Å². The average molecular weight is 462 g/mol. The van der Waals surface area contributed by atoms with Crippen molar-refractivity contribution < 1.29 is 18.0 Å². The van der Waals surface area contributed by atoms with Gasteiger partial charge >= 0.3 is 6.18 Å². The average Bonchev–Trinajstić information content (AvgIpc) is 3.45. The fourth-order valence-corrected chi connectivity index (χ4v) is 3.25. The Hall–Kier alpha value is -3.73. The van der Waals surface area contributed by atoms with Crippen LogP contribution < -0.4 is 5.32 Å². The fraction of sp³-hybridized carbons (Fsp3) is 0.150. The maximum absolute atomic E-state index is 13.0. The Labute approximate surface area is 184 Å². The molecule has 1 N–H and O–H groups in total. The summed E-state index contributed by atoms with van der Waals surface area (Å²) in [6.07, 6.45) is 1.68. The number of carbonyl (C=O) groups is 1. The van der Waals surface area contributed by atoms with Crippen LogP contribution in [0.3, 0.4) is 0 Å². The summed E-state index contributed by atoms with van der Waals surface area (Å²) in [6.45, 7) is 1.63. The lowest BCUT2D eigenvalue weighted by Crippen LogP contribution is -2.29. The van der Waals surface area contributed by atoms with Gasteiger partial charge in [0.25, 0.3) is 5.91 Å². The standard InChI is InChI=1S/C20H15ClF3N7O/c1-12(29-19(32)13-7-14(20(22,23)24)9-15(21)8-13)18-26-11-28-31(18)17-4-3-16(10-25-17)30-6-2-5-27-30/h2-12H,1H3,(H,29,32)/t12-/m0/s1. The predicted octanol–water partition coefficient (Wildman–Crippen LogP) is 4.01. The van der Waals surface area contributed by atoms with Crippen molar-refractivity contribution in [1.29, 1.82) is 0 Å². The van der Waals surface area contributed by atoms with Gasteiger partial charge in [0.1, 0.15) is 6.33 Å². The summed E-state index contributed by atoms with van der Waals surface area (Å²) in [5.74, 6) is 0.0504. The molecule has 3 aromatic heterocycles. The molecule has 0 fully saturated rings. The summed E-state index contributed by atoms with van der Waals surface area (Å²) >= 11 is 5.77. The first-order valence-electron chi connectivity index (χ1n) is 9.27. The molecule has 3 heterocycles. The zero-order chi connectivity index (χ0) is 22.9. The Bertz CT molecular complexity index is 1240. The SMILES string of the molecule is C[C@H](NC(=O)c1cc(Cl)cc(C(F)(F)F)c1)c1ncnn1-c1ccc(-n2cccn2)cn1. The van der Waals surface area contributed by atoms with Crippen molar-refractivity contribution in [1.82, 2.24) is 34.8 Å². The van der Waals surface area contributed by atoms with E-state index in [1.165, 1.54) is 17.1 Å². The lowest BCUT2D eigenvalue weighted by molar-refractivity contribution is -0.137. The van der Waals surface area contributed by atoms with Gasteiger partial charge in [-0.1, -0.05) is 11.6 Å². The lowest BCUT2D eigenvalue weighted by Gasteiger charge is -2.15. The van der Waals surface area contributed by atoms with E-state index in [4.69, 9.17) is 11.6 Å². The van der Waals surface area contributed by atoms with Gasteiger partial charge in [0.05, 0.1) is 23.5 Å². The third-order valence-electron chi connectivity index (χ3n) is 4.51. The van der Waals surface area contributed by atoms with Crippen molar-refractivity contribution in [2.75, 3.05) is 0 Å². The Kier molecular flexibility index (Phi) is 5.66. The summed E-state index contributed by atoms with van der Waals surface area (Å²) in [7, 11) is 0. The quantitative estimate of drug-likeness (QED) is 0.485. The molecule has 0 unspecified atom stereocenters. The highest BCUT2D eigenvalue weighted by Crippen LogP contribution is 2.32. The largest absolute Gasteiger partial charge is 0.416 e. The minimum atomic E-state index is -4.63. The monoisotopic (exact) mass is 461 g/mol. The van der Waals surface area contributed by atoms with Gasteiger partial charge in [-0.05, 0) is 43.3 Å². The van der Waals surface area contributed by atoms with Crippen molar-refractivity contribution in [3.05, 3.63) is 83.3 Å². The molecule has 32 heavy (non-hydrogen) atoms. The van der Waals surface area contributed by atoms with Crippen molar-refractivity contribution in [2.45, 2.75) is 19.1 Å². The van der Waals surface area contributed by atoms with Crippen LogP contribution in [0, 0.1) is 0 Å². The van der Waals surface area contributed by atoms with E-state index in [1.807, 2.05) is 0 Å². The maximum Gasteiger partial charge on any atom is 0.416 e. The third-order valence-corrected chi connectivity index (χ3v) is 4.73. The van der Waals surface area contributed by atoms with Crippen LogP contribution in [0.4, 0.5) is 13.2 Å². The van der Waals surface area contributed by atoms with Gasteiger partial charge < -0.3 is 5.32 Å². The van der Waals surface area contributed by atoms with E-state index in [9.17, 15) is 18.0 Å². The molecule has 0 aliphatic heterocycles. The molecule has 0 spiro atoms. The number of alkyl halides is 3. The number of benzene rings is 1. The van der Waals surface area contributed by atoms with Gasteiger partial charge in [0.15, 0.2) is 11.6 Å². The number of hydrogen-bond acceptors (Lipinski definition) is 5. The Balaban J connectivity index is 1.55. The van der Waals surface area contributed by atoms with Gasteiger partial charge in [-0.15, -0.1) is 0 Å². The van der Waals surface area contributed by atoms with Crippen LogP contribution in [0.25, 0.3) is 11.5 Å². The molecule has 4 aromatic rings. The highest BCUT2D eigenvalue weighted by atomic mass is 35.5. The number of nitrogens with zero attached hydrogens (tertiary/aromatic N) is 6. The number of pyridine rings is 1. The molecule has 8 nitrogen and oxygen atoms in total. The van der Waals surface area contributed by atoms with Crippen molar-refractivity contribution in [3.63, 3.8) is 0 Å². The maximum atomic E-state index is 13.0. The second-order valence-corrected chi connectivity index (χ2v) is 7.21. The molecule has 1 atom stereocenters.